The SMILES string of the molecule is CCOC(=O)[C@@H](CC)Oc1ccc(Cl)cc1Cl. The number of ether oxygens (including phenoxy) is 2. The summed E-state index contributed by atoms with van der Waals surface area (Å²) in [6, 6.07) is 4.85. The van der Waals surface area contributed by atoms with E-state index in [1.54, 1.807) is 25.1 Å². The molecule has 0 aliphatic rings. The molecule has 0 saturated heterocycles. The predicted molar refractivity (Wildman–Crippen MR) is 67.8 cm³/mol. The predicted octanol–water partition coefficient (Wildman–Crippen LogP) is 3.71. The van der Waals surface area contributed by atoms with Crippen LogP contribution in [0.1, 0.15) is 20.3 Å². The zero-order chi connectivity index (χ0) is 12.8. The van der Waals surface area contributed by atoms with E-state index in [2.05, 4.69) is 0 Å². The minimum Gasteiger partial charge on any atom is -0.477 e. The van der Waals surface area contributed by atoms with E-state index >= 15 is 0 Å². The largest absolute Gasteiger partial charge is 0.477 e. The van der Waals surface area contributed by atoms with Crippen molar-refractivity contribution >= 4 is 29.2 Å². The van der Waals surface area contributed by atoms with Gasteiger partial charge in [0.25, 0.3) is 0 Å². The maximum absolute atomic E-state index is 11.5. The van der Waals surface area contributed by atoms with Gasteiger partial charge in [-0.2, -0.15) is 0 Å². The number of carbonyl (C=O) groups is 1. The Kier molecular flexibility index (Phi) is 5.59. The van der Waals surface area contributed by atoms with Crippen molar-refractivity contribution in [2.45, 2.75) is 26.4 Å². The smallest absolute Gasteiger partial charge is 0.347 e. The van der Waals surface area contributed by atoms with Crippen LogP contribution < -0.4 is 4.74 Å². The summed E-state index contributed by atoms with van der Waals surface area (Å²) in [6.45, 7) is 3.92. The van der Waals surface area contributed by atoms with E-state index in [0.29, 0.717) is 28.8 Å². The Morgan fingerprint density at radius 3 is 2.59 bits per heavy atom. The molecule has 17 heavy (non-hydrogen) atoms. The molecule has 0 bridgehead atoms. The van der Waals surface area contributed by atoms with Gasteiger partial charge in [-0.25, -0.2) is 4.79 Å². The van der Waals surface area contributed by atoms with Crippen LogP contribution in [0.2, 0.25) is 10.0 Å². The van der Waals surface area contributed by atoms with Gasteiger partial charge in [-0.15, -0.1) is 0 Å². The van der Waals surface area contributed by atoms with Crippen LogP contribution in [0.4, 0.5) is 0 Å². The number of benzene rings is 1. The highest BCUT2D eigenvalue weighted by atomic mass is 35.5. The average Bonchev–Trinajstić information content (AvgIpc) is 2.28. The van der Waals surface area contributed by atoms with Gasteiger partial charge in [0.05, 0.1) is 11.6 Å². The summed E-state index contributed by atoms with van der Waals surface area (Å²) in [7, 11) is 0. The van der Waals surface area contributed by atoms with Crippen LogP contribution >= 0.6 is 23.2 Å². The van der Waals surface area contributed by atoms with Crippen molar-refractivity contribution in [3.8, 4) is 5.75 Å². The second kappa shape index (κ2) is 6.72. The van der Waals surface area contributed by atoms with E-state index in [0.717, 1.165) is 0 Å². The number of esters is 1. The summed E-state index contributed by atoms with van der Waals surface area (Å²) < 4.78 is 10.4. The van der Waals surface area contributed by atoms with Crippen LogP contribution in [-0.4, -0.2) is 18.7 Å². The van der Waals surface area contributed by atoms with Gasteiger partial charge in [-0.1, -0.05) is 30.1 Å². The molecule has 5 heteroatoms. The van der Waals surface area contributed by atoms with Crippen LogP contribution in [0.5, 0.6) is 5.75 Å². The molecule has 94 valence electrons. The molecule has 0 aliphatic heterocycles. The standard InChI is InChI=1S/C12H14Cl2O3/c1-3-10(12(15)16-4-2)17-11-6-5-8(13)7-9(11)14/h5-7,10H,3-4H2,1-2H3/t10-/m1/s1. The summed E-state index contributed by atoms with van der Waals surface area (Å²) in [5.41, 5.74) is 0. The first kappa shape index (κ1) is 14.1. The first-order valence-corrected chi connectivity index (χ1v) is 6.12. The fourth-order valence-electron chi connectivity index (χ4n) is 1.26. The van der Waals surface area contributed by atoms with Gasteiger partial charge < -0.3 is 9.47 Å². The second-order valence-corrected chi connectivity index (χ2v) is 4.19. The lowest BCUT2D eigenvalue weighted by Gasteiger charge is -2.16. The number of halogens is 2. The Bertz CT molecular complexity index is 393. The zero-order valence-corrected chi connectivity index (χ0v) is 11.2. The molecule has 1 aromatic carbocycles. The number of rotatable bonds is 5. The molecule has 1 atom stereocenters. The topological polar surface area (TPSA) is 35.5 Å². The second-order valence-electron chi connectivity index (χ2n) is 3.34. The monoisotopic (exact) mass is 276 g/mol. The van der Waals surface area contributed by atoms with E-state index in [1.165, 1.54) is 0 Å². The summed E-state index contributed by atoms with van der Waals surface area (Å²) in [4.78, 5) is 11.5. The first-order chi connectivity index (χ1) is 8.08. The van der Waals surface area contributed by atoms with Crippen molar-refractivity contribution < 1.29 is 14.3 Å². The Balaban J connectivity index is 2.77. The fourth-order valence-corrected chi connectivity index (χ4v) is 1.71. The Morgan fingerprint density at radius 1 is 1.35 bits per heavy atom. The third kappa shape index (κ3) is 4.10. The molecule has 0 heterocycles. The molecule has 1 aromatic rings. The lowest BCUT2D eigenvalue weighted by molar-refractivity contribution is -0.151. The molecule has 0 spiro atoms. The molecular formula is C12H14Cl2O3. The molecule has 0 radical (unpaired) electrons. The van der Waals surface area contributed by atoms with E-state index in [9.17, 15) is 4.79 Å². The number of hydrogen-bond donors (Lipinski definition) is 0. The van der Waals surface area contributed by atoms with E-state index in [1.807, 2.05) is 6.92 Å². The summed E-state index contributed by atoms with van der Waals surface area (Å²) in [5, 5.41) is 0.895. The molecule has 0 fully saturated rings. The minimum absolute atomic E-state index is 0.326. The van der Waals surface area contributed by atoms with Gasteiger partial charge in [0.15, 0.2) is 6.10 Å². The summed E-state index contributed by atoms with van der Waals surface area (Å²) in [6.07, 6.45) is -0.133. The van der Waals surface area contributed by atoms with Crippen molar-refractivity contribution in [1.29, 1.82) is 0 Å². The van der Waals surface area contributed by atoms with E-state index in [-0.39, 0.29) is 5.97 Å². The molecule has 1 rings (SSSR count). The Hall–Kier alpha value is -0.930. The lowest BCUT2D eigenvalue weighted by atomic mass is 10.2. The zero-order valence-electron chi connectivity index (χ0n) is 9.70. The Morgan fingerprint density at radius 2 is 2.06 bits per heavy atom. The van der Waals surface area contributed by atoms with Crippen molar-refractivity contribution in [2.24, 2.45) is 0 Å². The highest BCUT2D eigenvalue weighted by molar-refractivity contribution is 6.35. The molecule has 0 N–H and O–H groups in total. The molecular weight excluding hydrogens is 263 g/mol. The highest BCUT2D eigenvalue weighted by Gasteiger charge is 2.20. The van der Waals surface area contributed by atoms with Crippen LogP contribution in [0, 0.1) is 0 Å². The van der Waals surface area contributed by atoms with Crippen LogP contribution in [-0.2, 0) is 9.53 Å². The highest BCUT2D eigenvalue weighted by Crippen LogP contribution is 2.28. The average molecular weight is 277 g/mol. The van der Waals surface area contributed by atoms with Gasteiger partial charge in [-0.05, 0) is 31.5 Å². The van der Waals surface area contributed by atoms with Gasteiger partial charge in [0, 0.05) is 5.02 Å². The number of carbonyl (C=O) groups excluding carboxylic acids is 1. The molecule has 3 nitrogen and oxygen atoms in total. The van der Waals surface area contributed by atoms with Gasteiger partial charge in [0.2, 0.25) is 0 Å². The van der Waals surface area contributed by atoms with Gasteiger partial charge in [0.1, 0.15) is 5.75 Å². The molecule has 0 saturated carbocycles. The summed E-state index contributed by atoms with van der Waals surface area (Å²) >= 11 is 11.7. The summed E-state index contributed by atoms with van der Waals surface area (Å²) in [5.74, 6) is 0.0389. The third-order valence-electron chi connectivity index (χ3n) is 2.08. The van der Waals surface area contributed by atoms with Crippen molar-refractivity contribution in [3.05, 3.63) is 28.2 Å². The molecule has 0 aromatic heterocycles. The van der Waals surface area contributed by atoms with E-state index in [4.69, 9.17) is 32.7 Å². The molecule has 0 aliphatic carbocycles. The van der Waals surface area contributed by atoms with E-state index < -0.39 is 6.10 Å². The van der Waals surface area contributed by atoms with Crippen LogP contribution in [0.15, 0.2) is 18.2 Å². The Labute approximate surface area is 111 Å². The van der Waals surface area contributed by atoms with Crippen molar-refractivity contribution in [2.75, 3.05) is 6.61 Å². The van der Waals surface area contributed by atoms with Gasteiger partial charge >= 0.3 is 5.97 Å². The fraction of sp³-hybridized carbons (Fsp3) is 0.417. The van der Waals surface area contributed by atoms with Crippen LogP contribution in [0.25, 0.3) is 0 Å². The van der Waals surface area contributed by atoms with Crippen molar-refractivity contribution in [1.82, 2.24) is 0 Å². The maximum atomic E-state index is 11.5. The van der Waals surface area contributed by atoms with Gasteiger partial charge in [-0.3, -0.25) is 0 Å². The maximum Gasteiger partial charge on any atom is 0.347 e. The lowest BCUT2D eigenvalue weighted by Crippen LogP contribution is -2.28. The normalized spacial score (nSPS) is 12.0. The first-order valence-electron chi connectivity index (χ1n) is 5.36. The van der Waals surface area contributed by atoms with Crippen LogP contribution in [0.3, 0.4) is 0 Å². The third-order valence-corrected chi connectivity index (χ3v) is 2.61. The quantitative estimate of drug-likeness (QED) is 0.769. The van der Waals surface area contributed by atoms with Crippen molar-refractivity contribution in [3.63, 3.8) is 0 Å². The minimum atomic E-state index is -0.645. The molecule has 0 amide bonds. The molecule has 0 unspecified atom stereocenters. The number of hydrogen-bond acceptors (Lipinski definition) is 3.